The van der Waals surface area contributed by atoms with Crippen molar-refractivity contribution in [2.75, 3.05) is 12.0 Å². The van der Waals surface area contributed by atoms with Gasteiger partial charge in [-0.25, -0.2) is 4.90 Å². The number of phenols is 1. The lowest BCUT2D eigenvalue weighted by atomic mass is 9.80. The highest BCUT2D eigenvalue weighted by atomic mass is 16.5. The van der Waals surface area contributed by atoms with Gasteiger partial charge in [-0.3, -0.25) is 19.7 Å². The number of hydrogen-bond donors (Lipinski definition) is 2. The maximum absolute atomic E-state index is 13.3. The Labute approximate surface area is 161 Å². The fourth-order valence-electron chi connectivity index (χ4n) is 4.39. The van der Waals surface area contributed by atoms with Crippen LogP contribution in [0.4, 0.5) is 5.69 Å². The van der Waals surface area contributed by atoms with Crippen molar-refractivity contribution in [1.29, 1.82) is 0 Å². The Hall–Kier alpha value is -3.19. The summed E-state index contributed by atoms with van der Waals surface area (Å²) in [5, 5.41) is 13.4. The topological polar surface area (TPSA) is 95.9 Å². The average molecular weight is 380 g/mol. The van der Waals surface area contributed by atoms with E-state index >= 15 is 0 Å². The molecule has 0 spiro atoms. The molecule has 2 N–H and O–H groups in total. The zero-order valence-electron chi connectivity index (χ0n) is 15.5. The fraction of sp³-hybridized carbons (Fsp3) is 0.286. The van der Waals surface area contributed by atoms with Gasteiger partial charge in [0.2, 0.25) is 11.8 Å². The number of amides is 2. The second-order valence-electron chi connectivity index (χ2n) is 7.23. The Morgan fingerprint density at radius 1 is 1.07 bits per heavy atom. The minimum Gasteiger partial charge on any atom is -0.508 e. The molecule has 2 aliphatic rings. The van der Waals surface area contributed by atoms with Gasteiger partial charge in [-0.15, -0.1) is 0 Å². The molecule has 2 unspecified atom stereocenters. The van der Waals surface area contributed by atoms with E-state index in [0.29, 0.717) is 11.3 Å². The number of hydrogen-bond acceptors (Lipinski definition) is 6. The van der Waals surface area contributed by atoms with E-state index in [4.69, 9.17) is 4.74 Å². The van der Waals surface area contributed by atoms with Gasteiger partial charge in [0.05, 0.1) is 24.6 Å². The maximum atomic E-state index is 13.3. The Morgan fingerprint density at radius 2 is 1.71 bits per heavy atom. The van der Waals surface area contributed by atoms with Gasteiger partial charge < -0.3 is 9.84 Å². The lowest BCUT2D eigenvalue weighted by Gasteiger charge is -2.28. The SMILES string of the molecule is COC(=O)[C@]1(C)N[C@H](c2ccccc2O)C2C(=O)N(c3ccccc3)C(=O)C21. The standard InChI is InChI=1S/C21H20N2O5/c1-21(20(27)28-2)16-15(17(22-21)13-10-6-7-11-14(13)24)18(25)23(19(16)26)12-8-4-3-5-9-12/h3-11,15-17,22,24H,1-2H3/t15?,16?,17-,21-/m1/s1. The molecule has 0 aromatic heterocycles. The number of phenolic OH excluding ortho intramolecular Hbond substituents is 1. The van der Waals surface area contributed by atoms with Crippen LogP contribution >= 0.6 is 0 Å². The number of nitrogens with zero attached hydrogens (tertiary/aromatic N) is 1. The number of fused-ring (bicyclic) bond motifs is 1. The summed E-state index contributed by atoms with van der Waals surface area (Å²) in [5.74, 6) is -3.29. The number of nitrogens with one attached hydrogen (secondary N) is 1. The number of aromatic hydroxyl groups is 1. The molecule has 0 bridgehead atoms. The summed E-state index contributed by atoms with van der Waals surface area (Å²) >= 11 is 0. The van der Waals surface area contributed by atoms with Crippen molar-refractivity contribution in [3.05, 3.63) is 60.2 Å². The number of ether oxygens (including phenoxy) is 1. The van der Waals surface area contributed by atoms with Crippen LogP contribution < -0.4 is 10.2 Å². The number of para-hydroxylation sites is 2. The third-order valence-corrected chi connectivity index (χ3v) is 5.68. The van der Waals surface area contributed by atoms with Gasteiger partial charge >= 0.3 is 5.97 Å². The van der Waals surface area contributed by atoms with Crippen molar-refractivity contribution < 1.29 is 24.2 Å². The first kappa shape index (κ1) is 18.2. The molecule has 2 fully saturated rings. The van der Waals surface area contributed by atoms with Gasteiger partial charge in [-0.2, -0.15) is 0 Å². The summed E-state index contributed by atoms with van der Waals surface area (Å²) < 4.78 is 4.94. The number of esters is 1. The van der Waals surface area contributed by atoms with E-state index in [1.165, 1.54) is 13.2 Å². The maximum Gasteiger partial charge on any atom is 0.326 e. The fourth-order valence-corrected chi connectivity index (χ4v) is 4.39. The number of carbonyl (C=O) groups is 3. The third-order valence-electron chi connectivity index (χ3n) is 5.68. The van der Waals surface area contributed by atoms with Crippen molar-refractivity contribution in [3.8, 4) is 5.75 Å². The average Bonchev–Trinajstić information content (AvgIpc) is 3.16. The summed E-state index contributed by atoms with van der Waals surface area (Å²) in [6.45, 7) is 1.57. The predicted octanol–water partition coefficient (Wildman–Crippen LogP) is 1.77. The van der Waals surface area contributed by atoms with E-state index in [1.807, 2.05) is 0 Å². The van der Waals surface area contributed by atoms with Crippen LogP contribution in [0.15, 0.2) is 54.6 Å². The molecular weight excluding hydrogens is 360 g/mol. The van der Waals surface area contributed by atoms with Crippen LogP contribution in [-0.2, 0) is 19.1 Å². The normalized spacial score (nSPS) is 29.1. The summed E-state index contributed by atoms with van der Waals surface area (Å²) in [6, 6.07) is 14.5. The molecule has 2 aliphatic heterocycles. The van der Waals surface area contributed by atoms with Crippen LogP contribution in [-0.4, -0.2) is 35.5 Å². The van der Waals surface area contributed by atoms with Gasteiger partial charge in [0.1, 0.15) is 11.3 Å². The second-order valence-corrected chi connectivity index (χ2v) is 7.23. The molecule has 2 aromatic carbocycles. The first-order chi connectivity index (χ1) is 13.4. The highest BCUT2D eigenvalue weighted by Crippen LogP contribution is 2.51. The Morgan fingerprint density at radius 3 is 2.36 bits per heavy atom. The van der Waals surface area contributed by atoms with Gasteiger partial charge in [-0.05, 0) is 25.1 Å². The lowest BCUT2D eigenvalue weighted by Crippen LogP contribution is -2.54. The van der Waals surface area contributed by atoms with Gasteiger partial charge in [0.15, 0.2) is 0 Å². The minimum atomic E-state index is -1.40. The molecule has 4 atom stereocenters. The summed E-state index contributed by atoms with van der Waals surface area (Å²) in [4.78, 5) is 40.3. The largest absolute Gasteiger partial charge is 0.508 e. The van der Waals surface area contributed by atoms with E-state index in [0.717, 1.165) is 4.90 Å². The van der Waals surface area contributed by atoms with Crippen LogP contribution in [0.3, 0.4) is 0 Å². The molecule has 2 saturated heterocycles. The molecule has 0 radical (unpaired) electrons. The molecule has 4 rings (SSSR count). The molecule has 0 saturated carbocycles. The number of carbonyl (C=O) groups excluding carboxylic acids is 3. The molecule has 144 valence electrons. The molecule has 2 aromatic rings. The van der Waals surface area contributed by atoms with E-state index in [2.05, 4.69) is 5.32 Å². The number of rotatable bonds is 3. The van der Waals surface area contributed by atoms with E-state index < -0.39 is 41.2 Å². The minimum absolute atomic E-state index is 0.00808. The smallest absolute Gasteiger partial charge is 0.326 e. The Bertz CT molecular complexity index is 960. The van der Waals surface area contributed by atoms with Crippen molar-refractivity contribution >= 4 is 23.5 Å². The third kappa shape index (κ3) is 2.43. The summed E-state index contributed by atoms with van der Waals surface area (Å²) in [5.41, 5.74) is -0.487. The first-order valence-corrected chi connectivity index (χ1v) is 8.97. The van der Waals surface area contributed by atoms with E-state index in [9.17, 15) is 19.5 Å². The zero-order chi connectivity index (χ0) is 20.1. The van der Waals surface area contributed by atoms with Crippen molar-refractivity contribution in [2.24, 2.45) is 11.8 Å². The summed E-state index contributed by atoms with van der Waals surface area (Å²) in [7, 11) is 1.24. The molecule has 0 aliphatic carbocycles. The van der Waals surface area contributed by atoms with Crippen LogP contribution in [0.2, 0.25) is 0 Å². The van der Waals surface area contributed by atoms with Crippen LogP contribution in [0, 0.1) is 11.8 Å². The lowest BCUT2D eigenvalue weighted by molar-refractivity contribution is -0.151. The van der Waals surface area contributed by atoms with Crippen molar-refractivity contribution in [3.63, 3.8) is 0 Å². The van der Waals surface area contributed by atoms with Gasteiger partial charge in [0, 0.05) is 11.6 Å². The molecule has 28 heavy (non-hydrogen) atoms. The van der Waals surface area contributed by atoms with Crippen LogP contribution in [0.5, 0.6) is 5.75 Å². The van der Waals surface area contributed by atoms with Gasteiger partial charge in [0.25, 0.3) is 0 Å². The zero-order valence-corrected chi connectivity index (χ0v) is 15.5. The monoisotopic (exact) mass is 380 g/mol. The van der Waals surface area contributed by atoms with Crippen molar-refractivity contribution in [1.82, 2.24) is 5.32 Å². The molecule has 2 heterocycles. The molecule has 2 amide bonds. The molecule has 7 heteroatoms. The van der Waals surface area contributed by atoms with Crippen molar-refractivity contribution in [2.45, 2.75) is 18.5 Å². The first-order valence-electron chi connectivity index (χ1n) is 8.97. The Kier molecular flexibility index (Phi) is 4.19. The number of methoxy groups -OCH3 is 1. The number of anilines is 1. The molecule has 7 nitrogen and oxygen atoms in total. The highest BCUT2D eigenvalue weighted by Gasteiger charge is 2.67. The summed E-state index contributed by atoms with van der Waals surface area (Å²) in [6.07, 6.45) is 0. The van der Waals surface area contributed by atoms with Crippen LogP contribution in [0.1, 0.15) is 18.5 Å². The Balaban J connectivity index is 1.85. The number of benzene rings is 2. The quantitative estimate of drug-likeness (QED) is 0.622. The van der Waals surface area contributed by atoms with E-state index in [-0.39, 0.29) is 5.75 Å². The van der Waals surface area contributed by atoms with E-state index in [1.54, 1.807) is 55.5 Å². The highest BCUT2D eigenvalue weighted by molar-refractivity contribution is 6.24. The predicted molar refractivity (Wildman–Crippen MR) is 100 cm³/mol. The molecular formula is C21H20N2O5. The van der Waals surface area contributed by atoms with Gasteiger partial charge in [-0.1, -0.05) is 36.4 Å². The van der Waals surface area contributed by atoms with Crippen LogP contribution in [0.25, 0.3) is 0 Å². The second kappa shape index (κ2) is 6.45. The number of imide groups is 1.